The molecule has 1 saturated heterocycles. The Morgan fingerprint density at radius 3 is 2.65 bits per heavy atom. The lowest BCUT2D eigenvalue weighted by atomic mass is 10.0. The number of anilines is 1. The topological polar surface area (TPSA) is 118 Å². The molecule has 1 aliphatic rings. The average molecular weight is 526 g/mol. The van der Waals surface area contributed by atoms with Crippen molar-refractivity contribution in [3.05, 3.63) is 60.2 Å². The van der Waals surface area contributed by atoms with E-state index in [0.717, 1.165) is 38.0 Å². The lowest BCUT2D eigenvalue weighted by Gasteiger charge is -2.32. The van der Waals surface area contributed by atoms with Crippen LogP contribution in [0.3, 0.4) is 0 Å². The number of piperidine rings is 1. The molecule has 0 radical (unpaired) electrons. The van der Waals surface area contributed by atoms with Crippen LogP contribution in [0.15, 0.2) is 53.3 Å². The Kier molecular flexibility index (Phi) is 6.76. The van der Waals surface area contributed by atoms with Gasteiger partial charge in [0.05, 0.1) is 11.6 Å². The van der Waals surface area contributed by atoms with Crippen LogP contribution in [-0.4, -0.2) is 59.4 Å². The van der Waals surface area contributed by atoms with Gasteiger partial charge < -0.3 is 9.73 Å². The second-order valence-corrected chi connectivity index (χ2v) is 8.90. The van der Waals surface area contributed by atoms with Crippen molar-refractivity contribution in [2.75, 3.05) is 18.4 Å². The number of nitrogens with one attached hydrogen (secondary N) is 2. The molecule has 1 fully saturated rings. The molecule has 192 valence electrons. The number of rotatable bonds is 5. The first-order chi connectivity index (χ1) is 17.5. The summed E-state index contributed by atoms with van der Waals surface area (Å²) in [5.41, 5.74) is 2.04. The number of nitrogens with zero attached hydrogens (tertiary/aromatic N) is 7. The molecule has 0 atom stereocenters. The van der Waals surface area contributed by atoms with Gasteiger partial charge in [0.15, 0.2) is 17.1 Å². The standard InChI is InChI=1S/C24H24FN9O2.ClH/c1-32-14-18-20(30-32)28-23(34-22(18)27-21(31-34)19-3-2-12-36-19)29-24(35)26-17-8-10-33(11-9-17)13-15-4-6-16(25)7-5-15;/h2-7,12,14,17H,8-11,13H2,1H3,(H2,26,28,29,30,35);1H. The fourth-order valence-electron chi connectivity index (χ4n) is 4.50. The van der Waals surface area contributed by atoms with Crippen molar-refractivity contribution in [2.45, 2.75) is 25.4 Å². The Labute approximate surface area is 217 Å². The van der Waals surface area contributed by atoms with E-state index in [-0.39, 0.29) is 36.2 Å². The summed E-state index contributed by atoms with van der Waals surface area (Å²) in [7, 11) is 1.80. The van der Waals surface area contributed by atoms with Crippen LogP contribution in [0.4, 0.5) is 15.1 Å². The number of furan rings is 1. The molecular weight excluding hydrogens is 501 g/mol. The quantitative estimate of drug-likeness (QED) is 0.360. The van der Waals surface area contributed by atoms with Crippen molar-refractivity contribution in [1.29, 1.82) is 0 Å². The number of carbonyl (C=O) groups excluding carboxylic acids is 1. The van der Waals surface area contributed by atoms with Crippen molar-refractivity contribution in [3.63, 3.8) is 0 Å². The average Bonchev–Trinajstić information content (AvgIpc) is 3.61. The van der Waals surface area contributed by atoms with Crippen molar-refractivity contribution in [1.82, 2.24) is 39.6 Å². The summed E-state index contributed by atoms with van der Waals surface area (Å²) >= 11 is 0. The van der Waals surface area contributed by atoms with E-state index in [1.54, 1.807) is 42.3 Å². The molecule has 11 nitrogen and oxygen atoms in total. The normalized spacial score (nSPS) is 14.6. The molecule has 4 aromatic heterocycles. The van der Waals surface area contributed by atoms with Crippen LogP contribution in [-0.2, 0) is 13.6 Å². The highest BCUT2D eigenvalue weighted by Gasteiger charge is 2.23. The molecular formula is C24H25ClFN9O2. The van der Waals surface area contributed by atoms with Crippen LogP contribution in [0.2, 0.25) is 0 Å². The van der Waals surface area contributed by atoms with Crippen LogP contribution in [0.25, 0.3) is 28.3 Å². The summed E-state index contributed by atoms with van der Waals surface area (Å²) in [6, 6.07) is 9.76. The number of halogens is 2. The van der Waals surface area contributed by atoms with Crippen LogP contribution in [0.1, 0.15) is 18.4 Å². The molecule has 0 saturated carbocycles. The number of fused-ring (bicyclic) bond motifs is 3. The number of aromatic nitrogens is 6. The lowest BCUT2D eigenvalue weighted by Crippen LogP contribution is -2.45. The summed E-state index contributed by atoms with van der Waals surface area (Å²) < 4.78 is 21.7. The van der Waals surface area contributed by atoms with Gasteiger partial charge in [0.2, 0.25) is 11.8 Å². The van der Waals surface area contributed by atoms with E-state index in [2.05, 4.69) is 35.7 Å². The second-order valence-electron chi connectivity index (χ2n) is 8.90. The molecule has 1 aromatic carbocycles. The third kappa shape index (κ3) is 5.11. The first-order valence-electron chi connectivity index (χ1n) is 11.7. The summed E-state index contributed by atoms with van der Waals surface area (Å²) in [6.07, 6.45) is 4.98. The number of hydrogen-bond acceptors (Lipinski definition) is 7. The maximum atomic E-state index is 13.1. The number of aryl methyl sites for hydroxylation is 1. The summed E-state index contributed by atoms with van der Waals surface area (Å²) in [4.78, 5) is 24.3. The van der Waals surface area contributed by atoms with Gasteiger partial charge in [-0.15, -0.1) is 17.5 Å². The summed E-state index contributed by atoms with van der Waals surface area (Å²) in [5.74, 6) is 0.881. The van der Waals surface area contributed by atoms with Crippen molar-refractivity contribution in [3.8, 4) is 11.6 Å². The SMILES string of the molecule is Cl.Cn1cc2c(nc(NC(=O)NC3CCN(Cc4ccc(F)cc4)CC3)n3nc(-c4ccco4)nc23)n1. The van der Waals surface area contributed by atoms with Crippen molar-refractivity contribution in [2.24, 2.45) is 7.05 Å². The third-order valence-electron chi connectivity index (χ3n) is 6.28. The molecule has 0 spiro atoms. The molecule has 0 aliphatic carbocycles. The molecule has 0 bridgehead atoms. The fourth-order valence-corrected chi connectivity index (χ4v) is 4.50. The first kappa shape index (κ1) is 24.7. The highest BCUT2D eigenvalue weighted by atomic mass is 35.5. The Bertz CT molecular complexity index is 1520. The van der Waals surface area contributed by atoms with Crippen LogP contribution in [0.5, 0.6) is 0 Å². The molecule has 37 heavy (non-hydrogen) atoms. The highest BCUT2D eigenvalue weighted by molar-refractivity contribution is 5.93. The summed E-state index contributed by atoms with van der Waals surface area (Å²) in [5, 5.41) is 15.4. The van der Waals surface area contributed by atoms with E-state index < -0.39 is 0 Å². The maximum absolute atomic E-state index is 13.1. The predicted octanol–water partition coefficient (Wildman–Crippen LogP) is 3.62. The van der Waals surface area contributed by atoms with Gasteiger partial charge in [-0.3, -0.25) is 14.9 Å². The highest BCUT2D eigenvalue weighted by Crippen LogP contribution is 2.24. The third-order valence-corrected chi connectivity index (χ3v) is 6.28. The van der Waals surface area contributed by atoms with Gasteiger partial charge in [0.1, 0.15) is 5.82 Å². The van der Waals surface area contributed by atoms with E-state index in [9.17, 15) is 9.18 Å². The molecule has 5 heterocycles. The lowest BCUT2D eigenvalue weighted by molar-refractivity contribution is 0.189. The van der Waals surface area contributed by atoms with Gasteiger partial charge >= 0.3 is 6.03 Å². The van der Waals surface area contributed by atoms with Crippen LogP contribution >= 0.6 is 12.4 Å². The number of amides is 2. The number of benzene rings is 1. The number of carbonyl (C=O) groups is 1. The van der Waals surface area contributed by atoms with Crippen LogP contribution < -0.4 is 10.6 Å². The molecule has 2 amide bonds. The van der Waals surface area contributed by atoms with E-state index in [0.29, 0.717) is 28.3 Å². The minimum Gasteiger partial charge on any atom is -0.461 e. The zero-order valence-electron chi connectivity index (χ0n) is 20.0. The van der Waals surface area contributed by atoms with Crippen molar-refractivity contribution >= 4 is 41.1 Å². The number of hydrogen-bond donors (Lipinski definition) is 2. The minimum absolute atomic E-state index is 0. The van der Waals surface area contributed by atoms with E-state index in [1.165, 1.54) is 16.6 Å². The van der Waals surface area contributed by atoms with Gasteiger partial charge in [-0.05, 0) is 42.7 Å². The van der Waals surface area contributed by atoms with Crippen LogP contribution in [0, 0.1) is 5.82 Å². The van der Waals surface area contributed by atoms with E-state index >= 15 is 0 Å². The van der Waals surface area contributed by atoms with Gasteiger partial charge in [0.25, 0.3) is 0 Å². The van der Waals surface area contributed by atoms with E-state index in [4.69, 9.17) is 4.42 Å². The minimum atomic E-state index is -0.369. The molecule has 2 N–H and O–H groups in total. The number of urea groups is 1. The molecule has 1 aliphatic heterocycles. The van der Waals surface area contributed by atoms with Gasteiger partial charge in [0, 0.05) is 38.9 Å². The zero-order valence-corrected chi connectivity index (χ0v) is 20.8. The van der Waals surface area contributed by atoms with Gasteiger partial charge in [-0.2, -0.15) is 14.6 Å². The zero-order chi connectivity index (χ0) is 24.6. The Morgan fingerprint density at radius 1 is 1.14 bits per heavy atom. The second kappa shape index (κ2) is 10.1. The van der Waals surface area contributed by atoms with Crippen molar-refractivity contribution < 1.29 is 13.6 Å². The molecule has 0 unspecified atom stereocenters. The largest absolute Gasteiger partial charge is 0.461 e. The molecule has 6 rings (SSSR count). The Morgan fingerprint density at radius 2 is 1.92 bits per heavy atom. The monoisotopic (exact) mass is 525 g/mol. The molecule has 13 heteroatoms. The van der Waals surface area contributed by atoms with Gasteiger partial charge in [-0.25, -0.2) is 14.2 Å². The van der Waals surface area contributed by atoms with E-state index in [1.807, 2.05) is 6.20 Å². The summed E-state index contributed by atoms with van der Waals surface area (Å²) in [6.45, 7) is 2.43. The Hall–Kier alpha value is -4.03. The fraction of sp³-hybridized carbons (Fsp3) is 0.292. The maximum Gasteiger partial charge on any atom is 0.321 e. The smallest absolute Gasteiger partial charge is 0.321 e. The Balaban J connectivity index is 0.00000280. The predicted molar refractivity (Wildman–Crippen MR) is 137 cm³/mol. The first-order valence-corrected chi connectivity index (χ1v) is 11.7. The van der Waals surface area contributed by atoms with Gasteiger partial charge in [-0.1, -0.05) is 12.1 Å². The molecule has 5 aromatic rings. The number of likely N-dealkylation sites (tertiary alicyclic amines) is 1.